The molecule has 1 saturated heterocycles. The van der Waals surface area contributed by atoms with Gasteiger partial charge in [0.1, 0.15) is 0 Å². The summed E-state index contributed by atoms with van der Waals surface area (Å²) in [4.78, 5) is 19.2. The van der Waals surface area contributed by atoms with E-state index in [1.807, 2.05) is 60.4 Å². The number of piperidine rings is 1. The zero-order chi connectivity index (χ0) is 22.3. The first-order valence-corrected chi connectivity index (χ1v) is 11.2. The van der Waals surface area contributed by atoms with Gasteiger partial charge in [-0.25, -0.2) is 4.79 Å². The van der Waals surface area contributed by atoms with Gasteiger partial charge >= 0.3 is 6.03 Å². The highest BCUT2D eigenvalue weighted by Crippen LogP contribution is 2.26. The summed E-state index contributed by atoms with van der Waals surface area (Å²) in [5.74, 6) is 1.30. The van der Waals surface area contributed by atoms with E-state index in [1.54, 1.807) is 0 Å². The Hall–Kier alpha value is -3.19. The molecule has 1 unspecified atom stereocenters. The minimum Gasteiger partial charge on any atom is -0.376 e. The van der Waals surface area contributed by atoms with E-state index in [1.165, 1.54) is 5.56 Å². The molecule has 168 valence electrons. The molecule has 32 heavy (non-hydrogen) atoms. The second-order valence-electron chi connectivity index (χ2n) is 8.35. The van der Waals surface area contributed by atoms with Crippen molar-refractivity contribution in [3.05, 3.63) is 76.9 Å². The van der Waals surface area contributed by atoms with E-state index in [2.05, 4.69) is 22.4 Å². The summed E-state index contributed by atoms with van der Waals surface area (Å²) < 4.78 is 11.2. The molecular weight excluding hydrogens is 404 g/mol. The smallest absolute Gasteiger partial charge is 0.321 e. The number of anilines is 1. The Morgan fingerprint density at radius 3 is 2.84 bits per heavy atom. The van der Waals surface area contributed by atoms with Gasteiger partial charge in [-0.05, 0) is 55.5 Å². The van der Waals surface area contributed by atoms with E-state index in [-0.39, 0.29) is 11.9 Å². The molecule has 4 rings (SSSR count). The van der Waals surface area contributed by atoms with Crippen LogP contribution in [0.1, 0.15) is 47.2 Å². The van der Waals surface area contributed by atoms with E-state index in [0.717, 1.165) is 36.2 Å². The predicted octanol–water partition coefficient (Wildman–Crippen LogP) is 4.86. The van der Waals surface area contributed by atoms with Gasteiger partial charge in [0.2, 0.25) is 5.89 Å². The number of nitrogens with zero attached hydrogens (tertiary/aromatic N) is 3. The monoisotopic (exact) mass is 434 g/mol. The second-order valence-corrected chi connectivity index (χ2v) is 8.35. The van der Waals surface area contributed by atoms with Gasteiger partial charge in [-0.15, -0.1) is 0 Å². The van der Waals surface area contributed by atoms with Gasteiger partial charge in [0.15, 0.2) is 5.82 Å². The molecular formula is C25H30N4O3. The summed E-state index contributed by atoms with van der Waals surface area (Å²) >= 11 is 0. The number of rotatable bonds is 7. The van der Waals surface area contributed by atoms with Crippen LogP contribution in [-0.4, -0.2) is 40.8 Å². The number of ether oxygens (including phenoxy) is 1. The zero-order valence-corrected chi connectivity index (χ0v) is 18.7. The van der Waals surface area contributed by atoms with Gasteiger partial charge in [-0.1, -0.05) is 41.6 Å². The fourth-order valence-corrected chi connectivity index (χ4v) is 3.85. The van der Waals surface area contributed by atoms with Crippen molar-refractivity contribution in [2.24, 2.45) is 0 Å². The molecule has 2 amide bonds. The van der Waals surface area contributed by atoms with E-state index in [4.69, 9.17) is 9.26 Å². The van der Waals surface area contributed by atoms with Crippen molar-refractivity contribution in [1.29, 1.82) is 0 Å². The number of likely N-dealkylation sites (tertiary alicyclic amines) is 1. The highest BCUT2D eigenvalue weighted by atomic mass is 16.5. The molecule has 1 aliphatic heterocycles. The van der Waals surface area contributed by atoms with Crippen molar-refractivity contribution in [2.45, 2.75) is 45.6 Å². The Bertz CT molecular complexity index is 1030. The van der Waals surface area contributed by atoms with Crippen molar-refractivity contribution in [2.75, 3.05) is 25.0 Å². The molecule has 1 aliphatic rings. The average Bonchev–Trinajstić information content (AvgIpc) is 3.29. The van der Waals surface area contributed by atoms with Gasteiger partial charge in [0.05, 0.1) is 19.1 Å². The lowest BCUT2D eigenvalue weighted by Gasteiger charge is -2.31. The van der Waals surface area contributed by atoms with Gasteiger partial charge in [-0.2, -0.15) is 4.98 Å². The summed E-state index contributed by atoms with van der Waals surface area (Å²) in [5, 5.41) is 7.11. The maximum absolute atomic E-state index is 12.8. The molecule has 1 N–H and O–H groups in total. The molecule has 2 heterocycles. The summed E-state index contributed by atoms with van der Waals surface area (Å²) in [7, 11) is 0. The maximum atomic E-state index is 12.8. The first-order valence-electron chi connectivity index (χ1n) is 11.2. The molecule has 0 spiro atoms. The van der Waals surface area contributed by atoms with E-state index < -0.39 is 0 Å². The van der Waals surface area contributed by atoms with Crippen molar-refractivity contribution >= 4 is 11.7 Å². The first-order chi connectivity index (χ1) is 15.6. The van der Waals surface area contributed by atoms with Crippen molar-refractivity contribution in [1.82, 2.24) is 15.0 Å². The standard InChI is InChI=1S/C25H30N4O3/c1-18-10-11-22(15-19(18)2)26-25(30)29-13-6-9-21(16-29)24-27-23(28-32-24)12-14-31-17-20-7-4-3-5-8-20/h3-5,7-8,10-11,15,21H,6,9,12-14,16-17H2,1-2H3,(H,26,30). The molecule has 0 bridgehead atoms. The quantitative estimate of drug-likeness (QED) is 0.537. The minimum atomic E-state index is -0.0907. The number of carbonyl (C=O) groups excluding carboxylic acids is 1. The number of aromatic nitrogens is 2. The number of aryl methyl sites for hydroxylation is 2. The van der Waals surface area contributed by atoms with Crippen molar-refractivity contribution in [3.8, 4) is 0 Å². The SMILES string of the molecule is Cc1ccc(NC(=O)N2CCCC(c3nc(CCOCc4ccccc4)no3)C2)cc1C. The number of amides is 2. The molecule has 2 aromatic carbocycles. The fraction of sp³-hybridized carbons (Fsp3) is 0.400. The number of urea groups is 1. The van der Waals surface area contributed by atoms with Crippen LogP contribution < -0.4 is 5.32 Å². The molecule has 1 aromatic heterocycles. The van der Waals surface area contributed by atoms with Crippen LogP contribution in [0.5, 0.6) is 0 Å². The van der Waals surface area contributed by atoms with Gasteiger partial charge in [0.25, 0.3) is 0 Å². The van der Waals surface area contributed by atoms with Crippen molar-refractivity contribution in [3.63, 3.8) is 0 Å². The summed E-state index contributed by atoms with van der Waals surface area (Å²) in [6, 6.07) is 15.9. The van der Waals surface area contributed by atoms with Crippen LogP contribution in [0.2, 0.25) is 0 Å². The lowest BCUT2D eigenvalue weighted by molar-refractivity contribution is 0.122. The Balaban J connectivity index is 1.27. The number of benzene rings is 2. The number of hydrogen-bond donors (Lipinski definition) is 1. The van der Waals surface area contributed by atoms with Crippen molar-refractivity contribution < 1.29 is 14.1 Å². The van der Waals surface area contributed by atoms with Gasteiger partial charge < -0.3 is 19.5 Å². The Labute approximate surface area is 188 Å². The molecule has 0 aliphatic carbocycles. The molecule has 0 radical (unpaired) electrons. The normalized spacial score (nSPS) is 16.2. The minimum absolute atomic E-state index is 0.0562. The number of nitrogens with one attached hydrogen (secondary N) is 1. The Kier molecular flexibility index (Phi) is 7.17. The topological polar surface area (TPSA) is 80.5 Å². The second kappa shape index (κ2) is 10.4. The number of carbonyl (C=O) groups is 1. The summed E-state index contributed by atoms with van der Waals surface area (Å²) in [6.45, 7) is 6.50. The van der Waals surface area contributed by atoms with Crippen LogP contribution in [0.25, 0.3) is 0 Å². The van der Waals surface area contributed by atoms with Gasteiger partial charge in [0, 0.05) is 25.2 Å². The highest BCUT2D eigenvalue weighted by Gasteiger charge is 2.28. The lowest BCUT2D eigenvalue weighted by atomic mass is 9.98. The third-order valence-electron chi connectivity index (χ3n) is 5.88. The fourth-order valence-electron chi connectivity index (χ4n) is 3.85. The van der Waals surface area contributed by atoms with Crippen LogP contribution in [0.4, 0.5) is 10.5 Å². The van der Waals surface area contributed by atoms with Gasteiger partial charge in [-0.3, -0.25) is 0 Å². The summed E-state index contributed by atoms with van der Waals surface area (Å²) in [5.41, 5.74) is 4.32. The molecule has 1 atom stereocenters. The highest BCUT2D eigenvalue weighted by molar-refractivity contribution is 5.89. The predicted molar refractivity (Wildman–Crippen MR) is 123 cm³/mol. The largest absolute Gasteiger partial charge is 0.376 e. The first kappa shape index (κ1) is 22.0. The van der Waals surface area contributed by atoms with E-state index in [0.29, 0.717) is 37.9 Å². The van der Waals surface area contributed by atoms with Crippen LogP contribution in [0.3, 0.4) is 0 Å². The average molecular weight is 435 g/mol. The molecule has 3 aromatic rings. The Morgan fingerprint density at radius 2 is 2.03 bits per heavy atom. The van der Waals surface area contributed by atoms with Crippen LogP contribution >= 0.6 is 0 Å². The molecule has 7 heteroatoms. The Morgan fingerprint density at radius 1 is 1.19 bits per heavy atom. The van der Waals surface area contributed by atoms with Crippen LogP contribution in [0.15, 0.2) is 53.1 Å². The van der Waals surface area contributed by atoms with E-state index >= 15 is 0 Å². The third kappa shape index (κ3) is 5.73. The zero-order valence-electron chi connectivity index (χ0n) is 18.7. The summed E-state index contributed by atoms with van der Waals surface area (Å²) in [6.07, 6.45) is 2.43. The van der Waals surface area contributed by atoms with E-state index in [9.17, 15) is 4.79 Å². The number of hydrogen-bond acceptors (Lipinski definition) is 5. The molecule has 0 saturated carbocycles. The maximum Gasteiger partial charge on any atom is 0.321 e. The lowest BCUT2D eigenvalue weighted by Crippen LogP contribution is -2.41. The van der Waals surface area contributed by atoms with Crippen LogP contribution in [-0.2, 0) is 17.8 Å². The molecule has 1 fully saturated rings. The third-order valence-corrected chi connectivity index (χ3v) is 5.88. The van der Waals surface area contributed by atoms with Crippen LogP contribution in [0, 0.1) is 13.8 Å². The molecule has 7 nitrogen and oxygen atoms in total.